The molecule has 1 amide bonds. The van der Waals surface area contributed by atoms with Gasteiger partial charge in [-0.1, -0.05) is 16.7 Å². The van der Waals surface area contributed by atoms with Crippen LogP contribution in [0.5, 0.6) is 0 Å². The fourth-order valence-corrected chi connectivity index (χ4v) is 4.31. The zero-order chi connectivity index (χ0) is 24.8. The Balaban J connectivity index is 1.15. The third kappa shape index (κ3) is 3.81. The maximum absolute atomic E-state index is 13.3. The lowest BCUT2D eigenvalue weighted by molar-refractivity contribution is 0.0744. The molecule has 36 heavy (non-hydrogen) atoms. The van der Waals surface area contributed by atoms with Crippen LogP contribution in [0.2, 0.25) is 5.02 Å². The highest BCUT2D eigenvalue weighted by atomic mass is 35.5. The SMILES string of the molecule is Cc1c(C(=O)N2CCN(c3nnc(-c4ccc(Cl)cc4)o3)CC2)cnn1-c1nn2cccc2c(=O)[nH]1. The van der Waals surface area contributed by atoms with E-state index in [1.807, 2.05) is 17.0 Å². The van der Waals surface area contributed by atoms with Crippen LogP contribution in [0.3, 0.4) is 0 Å². The van der Waals surface area contributed by atoms with Gasteiger partial charge in [-0.25, -0.2) is 9.20 Å². The van der Waals surface area contributed by atoms with Gasteiger partial charge in [0.25, 0.3) is 11.5 Å². The Kier molecular flexibility index (Phi) is 5.29. The fraction of sp³-hybridized carbons (Fsp3) is 0.217. The Hall–Kier alpha value is -4.45. The third-order valence-corrected chi connectivity index (χ3v) is 6.42. The second kappa shape index (κ2) is 8.64. The summed E-state index contributed by atoms with van der Waals surface area (Å²) < 4.78 is 8.78. The van der Waals surface area contributed by atoms with E-state index in [1.165, 1.54) is 15.4 Å². The number of H-pyrrole nitrogens is 1. The number of rotatable bonds is 4. The molecule has 6 rings (SSSR count). The number of benzene rings is 1. The molecule has 5 heterocycles. The van der Waals surface area contributed by atoms with Crippen LogP contribution in [0, 0.1) is 6.92 Å². The number of carbonyl (C=O) groups is 1. The second-order valence-electron chi connectivity index (χ2n) is 8.35. The number of aromatic nitrogens is 7. The summed E-state index contributed by atoms with van der Waals surface area (Å²) in [5, 5.41) is 17.6. The van der Waals surface area contributed by atoms with Crippen LogP contribution < -0.4 is 10.5 Å². The highest BCUT2D eigenvalue weighted by Crippen LogP contribution is 2.24. The first-order chi connectivity index (χ1) is 17.5. The molecule has 5 aromatic rings. The average molecular weight is 506 g/mol. The first kappa shape index (κ1) is 22.0. The minimum Gasteiger partial charge on any atom is -0.403 e. The predicted molar refractivity (Wildman–Crippen MR) is 131 cm³/mol. The Morgan fingerprint density at radius 2 is 1.86 bits per heavy atom. The first-order valence-corrected chi connectivity index (χ1v) is 11.6. The van der Waals surface area contributed by atoms with Gasteiger partial charge in [0, 0.05) is 43.0 Å². The van der Waals surface area contributed by atoms with Crippen molar-refractivity contribution in [2.75, 3.05) is 31.1 Å². The number of carbonyl (C=O) groups excluding carboxylic acids is 1. The molecule has 1 fully saturated rings. The van der Waals surface area contributed by atoms with Crippen LogP contribution in [0.4, 0.5) is 6.01 Å². The lowest BCUT2D eigenvalue weighted by Crippen LogP contribution is -2.49. The average Bonchev–Trinajstić information content (AvgIpc) is 3.64. The summed E-state index contributed by atoms with van der Waals surface area (Å²) in [5.41, 5.74) is 1.96. The summed E-state index contributed by atoms with van der Waals surface area (Å²) in [7, 11) is 0. The van der Waals surface area contributed by atoms with Gasteiger partial charge in [0.2, 0.25) is 11.8 Å². The van der Waals surface area contributed by atoms with Crippen LogP contribution in [0.1, 0.15) is 16.1 Å². The third-order valence-electron chi connectivity index (χ3n) is 6.17. The Labute approximate surface area is 208 Å². The number of piperazine rings is 1. The highest BCUT2D eigenvalue weighted by molar-refractivity contribution is 6.30. The lowest BCUT2D eigenvalue weighted by atomic mass is 10.2. The number of nitrogens with zero attached hydrogens (tertiary/aromatic N) is 8. The number of hydrogen-bond acceptors (Lipinski definition) is 8. The number of amides is 1. The van der Waals surface area contributed by atoms with Gasteiger partial charge in [-0.2, -0.15) is 5.10 Å². The number of hydrogen-bond donors (Lipinski definition) is 1. The molecule has 0 aliphatic carbocycles. The van der Waals surface area contributed by atoms with Crippen LogP contribution in [0.25, 0.3) is 22.9 Å². The fourth-order valence-electron chi connectivity index (χ4n) is 4.18. The highest BCUT2D eigenvalue weighted by Gasteiger charge is 2.27. The smallest absolute Gasteiger partial charge is 0.318 e. The molecule has 0 radical (unpaired) electrons. The molecule has 4 aromatic heterocycles. The van der Waals surface area contributed by atoms with Gasteiger partial charge >= 0.3 is 6.01 Å². The minimum atomic E-state index is -0.288. The van der Waals surface area contributed by atoms with Crippen molar-refractivity contribution in [2.24, 2.45) is 0 Å². The van der Waals surface area contributed by atoms with Gasteiger partial charge < -0.3 is 14.2 Å². The largest absolute Gasteiger partial charge is 0.403 e. The van der Waals surface area contributed by atoms with E-state index in [2.05, 4.69) is 25.4 Å². The van der Waals surface area contributed by atoms with Crippen LogP contribution in [0.15, 0.2) is 58.0 Å². The summed E-state index contributed by atoms with van der Waals surface area (Å²) in [6, 6.07) is 11.0. The molecule has 1 aliphatic rings. The van der Waals surface area contributed by atoms with Crippen LogP contribution in [-0.4, -0.2) is 71.6 Å². The molecule has 13 heteroatoms. The molecular weight excluding hydrogens is 486 g/mol. The van der Waals surface area contributed by atoms with E-state index in [-0.39, 0.29) is 17.4 Å². The molecule has 0 atom stereocenters. The van der Waals surface area contributed by atoms with E-state index in [9.17, 15) is 9.59 Å². The number of fused-ring (bicyclic) bond motifs is 1. The molecule has 1 N–H and O–H groups in total. The van der Waals surface area contributed by atoms with Crippen molar-refractivity contribution >= 4 is 29.0 Å². The molecule has 0 unspecified atom stereocenters. The lowest BCUT2D eigenvalue weighted by Gasteiger charge is -2.33. The van der Waals surface area contributed by atoms with Crippen molar-refractivity contribution in [3.05, 3.63) is 75.4 Å². The summed E-state index contributed by atoms with van der Waals surface area (Å²) >= 11 is 5.94. The Morgan fingerprint density at radius 1 is 1.08 bits per heavy atom. The normalized spacial score (nSPS) is 14.1. The van der Waals surface area contributed by atoms with E-state index in [1.54, 1.807) is 42.3 Å². The number of anilines is 1. The standard InChI is InChI=1S/C23H20ClN9O3/c1-14-17(13-25-33(14)22-26-19(34)18-3-2-8-32(18)29-22)21(35)30-9-11-31(12-10-30)23-28-27-20(36-23)15-4-6-16(24)7-5-15/h2-8,13H,9-12H2,1H3,(H,26,29,34). The molecular formula is C23H20ClN9O3. The van der Waals surface area contributed by atoms with Gasteiger partial charge in [-0.15, -0.1) is 10.2 Å². The molecule has 182 valence electrons. The quantitative estimate of drug-likeness (QED) is 0.393. The predicted octanol–water partition coefficient (Wildman–Crippen LogP) is 2.18. The van der Waals surface area contributed by atoms with Crippen molar-refractivity contribution in [1.82, 2.24) is 39.5 Å². The molecule has 1 aromatic carbocycles. The summed E-state index contributed by atoms with van der Waals surface area (Å²) in [6.07, 6.45) is 3.18. The molecule has 12 nitrogen and oxygen atoms in total. The maximum Gasteiger partial charge on any atom is 0.318 e. The monoisotopic (exact) mass is 505 g/mol. The first-order valence-electron chi connectivity index (χ1n) is 11.2. The van der Waals surface area contributed by atoms with Crippen molar-refractivity contribution in [2.45, 2.75) is 6.92 Å². The van der Waals surface area contributed by atoms with Gasteiger partial charge in [-0.3, -0.25) is 14.6 Å². The van der Waals surface area contributed by atoms with Gasteiger partial charge in [-0.05, 0) is 43.3 Å². The Morgan fingerprint density at radius 3 is 2.64 bits per heavy atom. The second-order valence-corrected chi connectivity index (χ2v) is 8.78. The van der Waals surface area contributed by atoms with E-state index < -0.39 is 0 Å². The molecule has 0 bridgehead atoms. The van der Waals surface area contributed by atoms with E-state index in [4.69, 9.17) is 16.0 Å². The van der Waals surface area contributed by atoms with E-state index in [0.717, 1.165) is 5.56 Å². The molecule has 1 saturated heterocycles. The minimum absolute atomic E-state index is 0.143. The van der Waals surface area contributed by atoms with E-state index in [0.29, 0.717) is 59.9 Å². The number of aromatic amines is 1. The molecule has 0 saturated carbocycles. The van der Waals surface area contributed by atoms with Crippen molar-refractivity contribution < 1.29 is 9.21 Å². The van der Waals surface area contributed by atoms with Crippen LogP contribution in [-0.2, 0) is 0 Å². The zero-order valence-electron chi connectivity index (χ0n) is 19.1. The summed E-state index contributed by atoms with van der Waals surface area (Å²) in [6.45, 7) is 3.81. The zero-order valence-corrected chi connectivity index (χ0v) is 19.9. The number of nitrogens with one attached hydrogen (secondary N) is 1. The van der Waals surface area contributed by atoms with Crippen molar-refractivity contribution in [1.29, 1.82) is 0 Å². The van der Waals surface area contributed by atoms with Gasteiger partial charge in [0.1, 0.15) is 5.52 Å². The van der Waals surface area contributed by atoms with Gasteiger partial charge in [0.15, 0.2) is 0 Å². The number of halogens is 1. The summed E-state index contributed by atoms with van der Waals surface area (Å²) in [4.78, 5) is 32.0. The maximum atomic E-state index is 13.3. The Bertz CT molecular complexity index is 1620. The van der Waals surface area contributed by atoms with Crippen LogP contribution >= 0.6 is 11.6 Å². The summed E-state index contributed by atoms with van der Waals surface area (Å²) in [5.74, 6) is 0.501. The molecule has 0 spiro atoms. The van der Waals surface area contributed by atoms with E-state index >= 15 is 0 Å². The van der Waals surface area contributed by atoms with Gasteiger partial charge in [0.05, 0.1) is 17.5 Å². The van der Waals surface area contributed by atoms with Crippen molar-refractivity contribution in [3.63, 3.8) is 0 Å². The topological polar surface area (TPSA) is 130 Å². The molecule has 1 aliphatic heterocycles. The van der Waals surface area contributed by atoms with Crippen molar-refractivity contribution in [3.8, 4) is 17.4 Å².